The molecule has 1 amide bonds. The van der Waals surface area contributed by atoms with Gasteiger partial charge >= 0.3 is 0 Å². The lowest BCUT2D eigenvalue weighted by Crippen LogP contribution is -2.38. The smallest absolute Gasteiger partial charge is 0.280 e. The van der Waals surface area contributed by atoms with Crippen LogP contribution in [-0.4, -0.2) is 63.6 Å². The first kappa shape index (κ1) is 37.1. The number of aromatic amines is 1. The van der Waals surface area contributed by atoms with E-state index in [1.165, 1.54) is 0 Å². The summed E-state index contributed by atoms with van der Waals surface area (Å²) in [5.41, 5.74) is 1.70. The van der Waals surface area contributed by atoms with Crippen LogP contribution in [0.25, 0.3) is 11.2 Å². The number of ether oxygens (including phenoxy) is 4. The molecule has 3 atom stereocenters. The third-order valence-electron chi connectivity index (χ3n) is 9.54. The zero-order chi connectivity index (χ0) is 38.5. The minimum absolute atomic E-state index is 0.0137. The molecule has 0 spiro atoms. The number of carbonyl (C=O) groups excluding carboxylic acids is 1. The molecule has 7 rings (SSSR count). The Morgan fingerprint density at radius 1 is 0.891 bits per heavy atom. The number of methoxy groups -OCH3 is 2. The molecular formula is C43H41N5O7. The minimum atomic E-state index is -1.15. The Balaban J connectivity index is 1.28. The Morgan fingerprint density at radius 3 is 2.05 bits per heavy atom. The number of aliphatic hydroxyl groups is 1. The number of hydrogen-bond acceptors (Lipinski definition) is 9. The van der Waals surface area contributed by atoms with Gasteiger partial charge in [-0.2, -0.15) is 4.98 Å². The molecule has 0 saturated carbocycles. The summed E-state index contributed by atoms with van der Waals surface area (Å²) in [4.78, 5) is 37.7. The molecule has 3 N–H and O–H groups in total. The number of hydrogen-bond donors (Lipinski definition) is 3. The van der Waals surface area contributed by atoms with Crippen LogP contribution in [0.2, 0.25) is 0 Å². The molecule has 1 aliphatic rings. The van der Waals surface area contributed by atoms with Crippen molar-refractivity contribution >= 4 is 23.0 Å². The summed E-state index contributed by atoms with van der Waals surface area (Å²) in [5, 5.41) is 14.3. The SMILES string of the molecule is COc1ccc(C(OC[C@H]2O[C@@H](n3c(C#Cc4ccccc4)nc4c(=O)[nH]c(NC(=O)C(C)C)nc43)C[C@@H]2O)(c2ccccc2)c2ccc(OC)cc2)cc1. The molecule has 1 aliphatic heterocycles. The number of nitrogens with one attached hydrogen (secondary N) is 2. The summed E-state index contributed by atoms with van der Waals surface area (Å²) in [6, 6.07) is 34.5. The van der Waals surface area contributed by atoms with Gasteiger partial charge in [0.15, 0.2) is 17.0 Å². The number of H-pyrrole nitrogens is 1. The van der Waals surface area contributed by atoms with Crippen LogP contribution in [0.3, 0.4) is 0 Å². The highest BCUT2D eigenvalue weighted by Crippen LogP contribution is 2.43. The van der Waals surface area contributed by atoms with Crippen molar-refractivity contribution < 1.29 is 28.8 Å². The standard InChI is InChI=1S/C43H41N5O7/c1-27(2)40(50)46-42-45-39-38(41(51)47-42)44-36(24-15-28-11-7-5-8-12-28)48(39)37-25-34(49)35(55-37)26-54-43(29-13-9-6-10-14-29,30-16-20-32(52-3)21-17-30)31-18-22-33(53-4)23-19-31/h5-14,16-23,27,34-35,37,49H,25-26H2,1-4H3,(H2,45,46,47,50,51)/t34-,35+,37+/m0/s1. The molecular weight excluding hydrogens is 699 g/mol. The molecule has 280 valence electrons. The predicted octanol–water partition coefficient (Wildman–Crippen LogP) is 5.79. The first-order valence-electron chi connectivity index (χ1n) is 17.9. The van der Waals surface area contributed by atoms with Crippen LogP contribution < -0.4 is 20.3 Å². The Bertz CT molecular complexity index is 2340. The van der Waals surface area contributed by atoms with E-state index in [1.807, 2.05) is 109 Å². The van der Waals surface area contributed by atoms with Gasteiger partial charge in [0.1, 0.15) is 29.4 Å². The van der Waals surface area contributed by atoms with Crippen LogP contribution in [0.4, 0.5) is 5.95 Å². The average Bonchev–Trinajstić information content (AvgIpc) is 3.77. The quantitative estimate of drug-likeness (QED) is 0.111. The van der Waals surface area contributed by atoms with Crippen molar-refractivity contribution in [3.63, 3.8) is 0 Å². The van der Waals surface area contributed by atoms with E-state index >= 15 is 0 Å². The molecule has 1 fully saturated rings. The summed E-state index contributed by atoms with van der Waals surface area (Å²) >= 11 is 0. The van der Waals surface area contributed by atoms with Gasteiger partial charge in [-0.15, -0.1) is 0 Å². The summed E-state index contributed by atoms with van der Waals surface area (Å²) in [6.45, 7) is 3.43. The zero-order valence-electron chi connectivity index (χ0n) is 30.9. The first-order chi connectivity index (χ1) is 26.7. The van der Waals surface area contributed by atoms with E-state index in [1.54, 1.807) is 32.6 Å². The molecule has 12 nitrogen and oxygen atoms in total. The van der Waals surface area contributed by atoms with Gasteiger partial charge in [0.25, 0.3) is 5.56 Å². The molecule has 12 heteroatoms. The van der Waals surface area contributed by atoms with Crippen molar-refractivity contribution in [2.75, 3.05) is 26.1 Å². The number of aromatic nitrogens is 4. The van der Waals surface area contributed by atoms with Crippen LogP contribution in [0.5, 0.6) is 11.5 Å². The van der Waals surface area contributed by atoms with Crippen molar-refractivity contribution in [2.45, 2.75) is 44.3 Å². The summed E-state index contributed by atoms with van der Waals surface area (Å²) < 4.78 is 26.2. The monoisotopic (exact) mass is 739 g/mol. The topological polar surface area (TPSA) is 150 Å². The number of fused-ring (bicyclic) bond motifs is 1. The minimum Gasteiger partial charge on any atom is -0.497 e. The van der Waals surface area contributed by atoms with Crippen molar-refractivity contribution in [1.29, 1.82) is 0 Å². The number of benzene rings is 4. The zero-order valence-corrected chi connectivity index (χ0v) is 30.9. The van der Waals surface area contributed by atoms with E-state index in [-0.39, 0.29) is 47.8 Å². The second kappa shape index (κ2) is 16.0. The van der Waals surface area contributed by atoms with Gasteiger partial charge in [-0.05, 0) is 59.0 Å². The fraction of sp³-hybridized carbons (Fsp3) is 0.256. The maximum atomic E-state index is 13.3. The number of aliphatic hydroxyl groups excluding tert-OH is 1. The summed E-state index contributed by atoms with van der Waals surface area (Å²) in [5.74, 6) is 7.05. The largest absolute Gasteiger partial charge is 0.497 e. The Labute approximate surface area is 318 Å². The normalized spacial score (nSPS) is 16.8. The van der Waals surface area contributed by atoms with Crippen molar-refractivity contribution in [3.05, 3.63) is 148 Å². The van der Waals surface area contributed by atoms with Crippen LogP contribution in [0.15, 0.2) is 114 Å². The maximum absolute atomic E-state index is 13.3. The first-order valence-corrected chi connectivity index (χ1v) is 17.9. The van der Waals surface area contributed by atoms with E-state index in [9.17, 15) is 14.7 Å². The number of nitrogens with zero attached hydrogens (tertiary/aromatic N) is 3. The van der Waals surface area contributed by atoms with Crippen LogP contribution >= 0.6 is 0 Å². The molecule has 1 saturated heterocycles. The van der Waals surface area contributed by atoms with E-state index in [0.717, 1.165) is 22.3 Å². The number of carbonyl (C=O) groups is 1. The highest BCUT2D eigenvalue weighted by molar-refractivity contribution is 5.91. The fourth-order valence-corrected chi connectivity index (χ4v) is 6.62. The van der Waals surface area contributed by atoms with Gasteiger partial charge < -0.3 is 24.1 Å². The van der Waals surface area contributed by atoms with E-state index in [4.69, 9.17) is 18.9 Å². The third-order valence-corrected chi connectivity index (χ3v) is 9.54. The molecule has 6 aromatic rings. The van der Waals surface area contributed by atoms with Crippen molar-refractivity contribution in [2.24, 2.45) is 5.92 Å². The lowest BCUT2D eigenvalue weighted by Gasteiger charge is -2.37. The number of anilines is 1. The van der Waals surface area contributed by atoms with Crippen LogP contribution in [-0.2, 0) is 19.9 Å². The fourth-order valence-electron chi connectivity index (χ4n) is 6.62. The Kier molecular flexibility index (Phi) is 10.8. The van der Waals surface area contributed by atoms with E-state index in [0.29, 0.717) is 11.5 Å². The van der Waals surface area contributed by atoms with E-state index in [2.05, 4.69) is 32.1 Å². The van der Waals surface area contributed by atoms with Gasteiger partial charge in [-0.3, -0.25) is 24.5 Å². The Hall–Kier alpha value is -6.26. The van der Waals surface area contributed by atoms with Gasteiger partial charge in [-0.1, -0.05) is 92.6 Å². The number of rotatable bonds is 11. The van der Waals surface area contributed by atoms with Gasteiger partial charge in [0.05, 0.1) is 26.9 Å². The molecule has 0 aliphatic carbocycles. The van der Waals surface area contributed by atoms with Crippen LogP contribution in [0.1, 0.15) is 54.6 Å². The summed E-state index contributed by atoms with van der Waals surface area (Å²) in [6.07, 6.45) is -2.53. The van der Waals surface area contributed by atoms with Gasteiger partial charge in [0.2, 0.25) is 11.9 Å². The maximum Gasteiger partial charge on any atom is 0.280 e. The highest BCUT2D eigenvalue weighted by Gasteiger charge is 2.43. The van der Waals surface area contributed by atoms with Crippen molar-refractivity contribution in [1.82, 2.24) is 19.5 Å². The third kappa shape index (κ3) is 7.59. The second-order valence-electron chi connectivity index (χ2n) is 13.4. The molecule has 0 unspecified atom stereocenters. The molecule has 55 heavy (non-hydrogen) atoms. The van der Waals surface area contributed by atoms with Crippen LogP contribution in [0, 0.1) is 17.8 Å². The molecule has 0 bridgehead atoms. The number of imidazole rings is 1. The lowest BCUT2D eigenvalue weighted by molar-refractivity contribution is -0.118. The Morgan fingerprint density at radius 2 is 1.47 bits per heavy atom. The molecule has 2 aromatic heterocycles. The molecule has 3 heterocycles. The lowest BCUT2D eigenvalue weighted by atomic mass is 9.80. The molecule has 4 aromatic carbocycles. The predicted molar refractivity (Wildman–Crippen MR) is 207 cm³/mol. The average molecular weight is 740 g/mol. The van der Waals surface area contributed by atoms with Gasteiger partial charge in [0, 0.05) is 17.9 Å². The van der Waals surface area contributed by atoms with Crippen molar-refractivity contribution in [3.8, 4) is 23.3 Å². The highest BCUT2D eigenvalue weighted by atomic mass is 16.6. The number of amides is 1. The van der Waals surface area contributed by atoms with Gasteiger partial charge in [-0.25, -0.2) is 4.98 Å². The van der Waals surface area contributed by atoms with E-state index < -0.39 is 29.6 Å². The second-order valence-corrected chi connectivity index (χ2v) is 13.4. The molecule has 0 radical (unpaired) electrons. The summed E-state index contributed by atoms with van der Waals surface area (Å²) in [7, 11) is 3.23.